The second kappa shape index (κ2) is 3.79. The fraction of sp³-hybridized carbons (Fsp3) is 0.417. The number of fused-ring (bicyclic) bond motifs is 1. The van der Waals surface area contributed by atoms with E-state index in [1.807, 2.05) is 17.7 Å². The van der Waals surface area contributed by atoms with Gasteiger partial charge in [-0.25, -0.2) is 4.98 Å². The Bertz CT molecular complexity index is 516. The van der Waals surface area contributed by atoms with Crippen molar-refractivity contribution in [2.45, 2.75) is 19.9 Å². The van der Waals surface area contributed by atoms with Crippen molar-refractivity contribution in [3.63, 3.8) is 0 Å². The molecule has 3 N–H and O–H groups in total. The molecule has 1 atom stereocenters. The normalized spacial score (nSPS) is 13.6. The molecule has 2 aromatic rings. The summed E-state index contributed by atoms with van der Waals surface area (Å²) in [6.07, 6.45) is 0. The predicted molar refractivity (Wildman–Crippen MR) is 64.1 cm³/mol. The van der Waals surface area contributed by atoms with Crippen LogP contribution >= 0.6 is 0 Å². The van der Waals surface area contributed by atoms with Crippen molar-refractivity contribution in [2.75, 3.05) is 0 Å². The number of imidazole rings is 1. The fourth-order valence-electron chi connectivity index (χ4n) is 1.80. The third-order valence-electron chi connectivity index (χ3n) is 2.92. The van der Waals surface area contributed by atoms with Gasteiger partial charge in [-0.15, -0.1) is 0 Å². The molecule has 0 unspecified atom stereocenters. The van der Waals surface area contributed by atoms with Crippen molar-refractivity contribution < 1.29 is 5.11 Å². The molecule has 86 valence electrons. The van der Waals surface area contributed by atoms with Gasteiger partial charge in [-0.05, 0) is 18.1 Å². The van der Waals surface area contributed by atoms with Gasteiger partial charge in [0.1, 0.15) is 11.6 Å². The lowest BCUT2D eigenvalue weighted by Gasteiger charge is -2.14. The van der Waals surface area contributed by atoms with E-state index in [9.17, 15) is 5.11 Å². The molecule has 0 aliphatic heterocycles. The third kappa shape index (κ3) is 1.65. The number of aromatic nitrogens is 2. The highest BCUT2D eigenvalue weighted by Gasteiger charge is 2.17. The minimum atomic E-state index is -0.0838. The van der Waals surface area contributed by atoms with Gasteiger partial charge < -0.3 is 15.4 Å². The van der Waals surface area contributed by atoms with Gasteiger partial charge in [0.25, 0.3) is 0 Å². The number of nitrogens with two attached hydrogens (primary N) is 1. The van der Waals surface area contributed by atoms with Crippen LogP contribution in [0.15, 0.2) is 18.2 Å². The van der Waals surface area contributed by atoms with Gasteiger partial charge in [-0.1, -0.05) is 13.8 Å². The summed E-state index contributed by atoms with van der Waals surface area (Å²) in [5.41, 5.74) is 7.87. The lowest BCUT2D eigenvalue weighted by atomic mass is 10.1. The van der Waals surface area contributed by atoms with Crippen LogP contribution in [0.1, 0.15) is 25.7 Å². The van der Waals surface area contributed by atoms with Crippen LogP contribution in [0, 0.1) is 5.92 Å². The molecular weight excluding hydrogens is 202 g/mol. The standard InChI is InChI=1S/C12H17N3O/c1-7(2)11(13)12-14-9-6-8(16)4-5-10(9)15(12)3/h4-7,11,16H,13H2,1-3H3/t11-/m0/s1. The minimum absolute atomic E-state index is 0.0838. The van der Waals surface area contributed by atoms with Gasteiger partial charge in [-0.3, -0.25) is 0 Å². The van der Waals surface area contributed by atoms with E-state index in [1.165, 1.54) is 0 Å². The predicted octanol–water partition coefficient (Wildman–Crippen LogP) is 1.93. The number of nitrogens with zero attached hydrogens (tertiary/aromatic N) is 2. The minimum Gasteiger partial charge on any atom is -0.508 e. The van der Waals surface area contributed by atoms with Gasteiger partial charge in [-0.2, -0.15) is 0 Å². The molecular formula is C12H17N3O. The summed E-state index contributed by atoms with van der Waals surface area (Å²) in [5, 5.41) is 9.40. The van der Waals surface area contributed by atoms with Crippen LogP contribution < -0.4 is 5.73 Å². The SMILES string of the molecule is CC(C)[C@H](N)c1nc2cc(O)ccc2n1C. The van der Waals surface area contributed by atoms with E-state index >= 15 is 0 Å². The number of hydrogen-bond donors (Lipinski definition) is 2. The van der Waals surface area contributed by atoms with Crippen molar-refractivity contribution in [1.82, 2.24) is 9.55 Å². The molecule has 4 nitrogen and oxygen atoms in total. The molecule has 0 amide bonds. The zero-order chi connectivity index (χ0) is 11.9. The Hall–Kier alpha value is -1.55. The first-order valence-electron chi connectivity index (χ1n) is 5.41. The maximum absolute atomic E-state index is 9.40. The molecule has 0 radical (unpaired) electrons. The van der Waals surface area contributed by atoms with Gasteiger partial charge in [0.15, 0.2) is 0 Å². The Morgan fingerprint density at radius 1 is 1.38 bits per heavy atom. The summed E-state index contributed by atoms with van der Waals surface area (Å²) in [4.78, 5) is 4.47. The molecule has 0 spiro atoms. The largest absolute Gasteiger partial charge is 0.508 e. The van der Waals surface area contributed by atoms with Gasteiger partial charge in [0.2, 0.25) is 0 Å². The van der Waals surface area contributed by atoms with E-state index in [2.05, 4.69) is 18.8 Å². The number of benzene rings is 1. The molecule has 1 heterocycles. The average molecular weight is 219 g/mol. The highest BCUT2D eigenvalue weighted by molar-refractivity contribution is 5.77. The number of phenolic OH excluding ortho intramolecular Hbond substituents is 1. The number of phenols is 1. The van der Waals surface area contributed by atoms with Crippen LogP contribution in [0.4, 0.5) is 0 Å². The van der Waals surface area contributed by atoms with E-state index in [0.717, 1.165) is 16.9 Å². The molecule has 0 saturated carbocycles. The van der Waals surface area contributed by atoms with E-state index in [0.29, 0.717) is 5.92 Å². The third-order valence-corrected chi connectivity index (χ3v) is 2.92. The van der Waals surface area contributed by atoms with E-state index in [-0.39, 0.29) is 11.8 Å². The maximum Gasteiger partial charge on any atom is 0.126 e. The molecule has 0 aliphatic carbocycles. The van der Waals surface area contributed by atoms with Crippen LogP contribution in [0.25, 0.3) is 11.0 Å². The smallest absolute Gasteiger partial charge is 0.126 e. The summed E-state index contributed by atoms with van der Waals surface area (Å²) >= 11 is 0. The molecule has 0 fully saturated rings. The molecule has 1 aromatic carbocycles. The molecule has 16 heavy (non-hydrogen) atoms. The van der Waals surface area contributed by atoms with E-state index in [1.54, 1.807) is 12.1 Å². The maximum atomic E-state index is 9.40. The summed E-state index contributed by atoms with van der Waals surface area (Å²) in [6, 6.07) is 5.09. The van der Waals surface area contributed by atoms with Crippen molar-refractivity contribution in [2.24, 2.45) is 18.7 Å². The fourth-order valence-corrected chi connectivity index (χ4v) is 1.80. The molecule has 0 saturated heterocycles. The second-order valence-corrected chi connectivity index (χ2v) is 4.47. The lowest BCUT2D eigenvalue weighted by molar-refractivity contribution is 0.476. The monoisotopic (exact) mass is 219 g/mol. The Labute approximate surface area is 94.7 Å². The van der Waals surface area contributed by atoms with Gasteiger partial charge in [0.05, 0.1) is 17.1 Å². The van der Waals surface area contributed by atoms with Crippen molar-refractivity contribution in [3.8, 4) is 5.75 Å². The quantitative estimate of drug-likeness (QED) is 0.811. The topological polar surface area (TPSA) is 64.1 Å². The first kappa shape index (κ1) is 11.0. The van der Waals surface area contributed by atoms with Crippen molar-refractivity contribution in [1.29, 1.82) is 0 Å². The summed E-state index contributed by atoms with van der Waals surface area (Å²) in [5.74, 6) is 1.43. The molecule has 0 bridgehead atoms. The number of aryl methyl sites for hydroxylation is 1. The highest BCUT2D eigenvalue weighted by atomic mass is 16.3. The second-order valence-electron chi connectivity index (χ2n) is 4.47. The molecule has 2 rings (SSSR count). The Morgan fingerprint density at radius 3 is 2.69 bits per heavy atom. The lowest BCUT2D eigenvalue weighted by Crippen LogP contribution is -2.20. The zero-order valence-corrected chi connectivity index (χ0v) is 9.81. The van der Waals surface area contributed by atoms with Crippen LogP contribution in [0.2, 0.25) is 0 Å². The van der Waals surface area contributed by atoms with Crippen molar-refractivity contribution >= 4 is 11.0 Å². The molecule has 4 heteroatoms. The zero-order valence-electron chi connectivity index (χ0n) is 9.81. The Balaban J connectivity index is 2.60. The van der Waals surface area contributed by atoms with Crippen LogP contribution in [0.3, 0.4) is 0 Å². The van der Waals surface area contributed by atoms with E-state index < -0.39 is 0 Å². The first-order chi connectivity index (χ1) is 7.50. The Morgan fingerprint density at radius 2 is 2.06 bits per heavy atom. The molecule has 0 aliphatic rings. The van der Waals surface area contributed by atoms with Crippen molar-refractivity contribution in [3.05, 3.63) is 24.0 Å². The summed E-state index contributed by atoms with van der Waals surface area (Å²) < 4.78 is 1.99. The summed E-state index contributed by atoms with van der Waals surface area (Å²) in [7, 11) is 1.95. The van der Waals surface area contributed by atoms with Crippen LogP contribution in [-0.2, 0) is 7.05 Å². The highest BCUT2D eigenvalue weighted by Crippen LogP contribution is 2.24. The average Bonchev–Trinajstić information content (AvgIpc) is 2.54. The van der Waals surface area contributed by atoms with Gasteiger partial charge in [0, 0.05) is 13.1 Å². The molecule has 1 aromatic heterocycles. The number of aromatic hydroxyl groups is 1. The van der Waals surface area contributed by atoms with Gasteiger partial charge >= 0.3 is 0 Å². The van der Waals surface area contributed by atoms with Crippen LogP contribution in [0.5, 0.6) is 5.75 Å². The Kier molecular flexibility index (Phi) is 2.59. The van der Waals surface area contributed by atoms with E-state index in [4.69, 9.17) is 5.73 Å². The first-order valence-corrected chi connectivity index (χ1v) is 5.41. The summed E-state index contributed by atoms with van der Waals surface area (Å²) in [6.45, 7) is 4.14. The van der Waals surface area contributed by atoms with Crippen LogP contribution in [-0.4, -0.2) is 14.7 Å². The number of hydrogen-bond acceptors (Lipinski definition) is 3. The number of rotatable bonds is 2.